The van der Waals surface area contributed by atoms with Crippen molar-refractivity contribution in [2.24, 2.45) is 22.1 Å². The number of ether oxygens (including phenoxy) is 3. The molecular formula is C41H49ClN4O7S. The Bertz CT molecular complexity index is 2120. The number of methoxy groups -OCH3 is 2. The third-order valence-corrected chi connectivity index (χ3v) is 14.5. The Morgan fingerprint density at radius 3 is 2.80 bits per heavy atom. The number of aromatic nitrogens is 1. The second-order valence-electron chi connectivity index (χ2n) is 15.9. The van der Waals surface area contributed by atoms with Gasteiger partial charge in [-0.05, 0) is 97.7 Å². The van der Waals surface area contributed by atoms with Crippen LogP contribution in [0.25, 0.3) is 0 Å². The summed E-state index contributed by atoms with van der Waals surface area (Å²) in [6.45, 7) is 4.28. The predicted molar refractivity (Wildman–Crippen MR) is 208 cm³/mol. The van der Waals surface area contributed by atoms with Crippen molar-refractivity contribution in [3.8, 4) is 11.5 Å². The fraction of sp³-hybridized carbons (Fsp3) is 0.512. The first-order valence-electron chi connectivity index (χ1n) is 19.0. The monoisotopic (exact) mass is 776 g/mol. The van der Waals surface area contributed by atoms with Gasteiger partial charge in [0.05, 0.1) is 43.1 Å². The van der Waals surface area contributed by atoms with Crippen molar-refractivity contribution in [2.75, 3.05) is 44.6 Å². The van der Waals surface area contributed by atoms with Gasteiger partial charge in [0.2, 0.25) is 0 Å². The molecule has 2 amide bonds. The van der Waals surface area contributed by atoms with E-state index in [1.165, 1.54) is 18.2 Å². The number of hydrogen-bond donors (Lipinski definition) is 2. The molecule has 11 nitrogen and oxygen atoms in total. The highest BCUT2D eigenvalue weighted by Crippen LogP contribution is 2.47. The van der Waals surface area contributed by atoms with Crippen LogP contribution >= 0.6 is 11.6 Å². The van der Waals surface area contributed by atoms with E-state index in [1.54, 1.807) is 31.5 Å². The average molecular weight is 777 g/mol. The zero-order valence-corrected chi connectivity index (χ0v) is 32.7. The van der Waals surface area contributed by atoms with Gasteiger partial charge in [-0.3, -0.25) is 14.3 Å². The number of carbonyl (C=O) groups excluding carboxylic acids is 2. The van der Waals surface area contributed by atoms with E-state index in [-0.39, 0.29) is 46.2 Å². The lowest BCUT2D eigenvalue weighted by Crippen LogP contribution is -2.49. The molecule has 54 heavy (non-hydrogen) atoms. The molecule has 2 aromatic carbocycles. The number of nitrogens with zero attached hydrogens (tertiary/aromatic N) is 3. The standard InChI is InChI=1S/C41H49ClN4O7S/c1-25-6-4-8-36(47)31-12-9-28(31)19-46-23-41(15-5-7-26-16-29(42)11-13-33(26)41)24-53-37-14-10-27(17-34(37)46)39(48)43-54(50,22-25)44-40(49)32-21-45-20-30(51-2)18-35(45)38(32)52-3/h4,8,10-11,13-14,16-17,21,25,28,30-31,36,47H,5-7,9,12,15,18-20,22-24H2,1-3H3,(H,43,44,48,49,50)/b8-4+/t25-,28-,30+,31+,36-,41-,54-/m0/s1. The Hall–Kier alpha value is -3.84. The van der Waals surface area contributed by atoms with Crippen LogP contribution in [0, 0.1) is 17.8 Å². The molecule has 0 saturated heterocycles. The highest BCUT2D eigenvalue weighted by Gasteiger charge is 2.44. The maximum atomic E-state index is 14.8. The first-order chi connectivity index (χ1) is 26.0. The lowest BCUT2D eigenvalue weighted by molar-refractivity contribution is 0.0456. The molecule has 2 aliphatic carbocycles. The first kappa shape index (κ1) is 37.1. The summed E-state index contributed by atoms with van der Waals surface area (Å²) in [6.07, 6.45) is 10.7. The smallest absolute Gasteiger partial charge is 0.286 e. The van der Waals surface area contributed by atoms with Crippen molar-refractivity contribution >= 4 is 39.0 Å². The summed E-state index contributed by atoms with van der Waals surface area (Å²) in [7, 11) is -0.487. The normalized spacial score (nSPS) is 31.2. The largest absolute Gasteiger partial charge is 0.494 e. The zero-order chi connectivity index (χ0) is 37.8. The van der Waals surface area contributed by atoms with Crippen LogP contribution in [0.15, 0.2) is 59.1 Å². The number of fused-ring (bicyclic) bond motifs is 5. The number of amides is 2. The van der Waals surface area contributed by atoms with Gasteiger partial charge in [-0.15, -0.1) is 4.36 Å². The Labute approximate surface area is 322 Å². The molecule has 13 heteroatoms. The van der Waals surface area contributed by atoms with Gasteiger partial charge >= 0.3 is 0 Å². The number of nitrogens with one attached hydrogen (secondary N) is 1. The van der Waals surface area contributed by atoms with Gasteiger partial charge < -0.3 is 28.8 Å². The summed E-state index contributed by atoms with van der Waals surface area (Å²) in [5.74, 6) is -0.217. The molecule has 1 saturated carbocycles. The molecule has 5 aliphatic rings. The van der Waals surface area contributed by atoms with Crippen LogP contribution in [0.4, 0.5) is 5.69 Å². The van der Waals surface area contributed by atoms with E-state index in [4.69, 9.17) is 25.8 Å². The van der Waals surface area contributed by atoms with Gasteiger partial charge in [0.1, 0.15) is 21.2 Å². The number of allylic oxidation sites excluding steroid dienone is 1. The Kier molecular flexibility index (Phi) is 10.1. The lowest BCUT2D eigenvalue weighted by atomic mass is 9.68. The summed E-state index contributed by atoms with van der Waals surface area (Å²) >= 11 is 6.45. The number of anilines is 1. The molecule has 4 heterocycles. The molecule has 2 N–H and O–H groups in total. The lowest BCUT2D eigenvalue weighted by Gasteiger charge is -2.45. The van der Waals surface area contributed by atoms with E-state index in [0.29, 0.717) is 50.6 Å². The summed E-state index contributed by atoms with van der Waals surface area (Å²) in [6, 6.07) is 11.4. The van der Waals surface area contributed by atoms with Gasteiger partial charge in [-0.25, -0.2) is 4.21 Å². The molecule has 0 radical (unpaired) electrons. The number of carbonyl (C=O) groups is 2. The zero-order valence-electron chi connectivity index (χ0n) is 31.1. The van der Waals surface area contributed by atoms with Gasteiger partial charge in [-0.2, -0.15) is 0 Å². The molecule has 8 rings (SSSR count). The van der Waals surface area contributed by atoms with E-state index in [0.717, 1.165) is 48.5 Å². The fourth-order valence-electron chi connectivity index (χ4n) is 9.33. The molecule has 0 unspecified atom stereocenters. The van der Waals surface area contributed by atoms with Crippen LogP contribution in [-0.4, -0.2) is 77.6 Å². The molecule has 3 aliphatic heterocycles. The topological polar surface area (TPSA) is 132 Å². The van der Waals surface area contributed by atoms with Crippen molar-refractivity contribution < 1.29 is 33.1 Å². The number of benzene rings is 2. The minimum Gasteiger partial charge on any atom is -0.494 e. The highest BCUT2D eigenvalue weighted by atomic mass is 35.5. The van der Waals surface area contributed by atoms with Gasteiger partial charge in [0, 0.05) is 55.4 Å². The van der Waals surface area contributed by atoms with Gasteiger partial charge in [0.15, 0.2) is 5.75 Å². The summed E-state index contributed by atoms with van der Waals surface area (Å²) in [5.41, 5.74) is 4.25. The molecule has 1 spiro atoms. The summed E-state index contributed by atoms with van der Waals surface area (Å²) in [4.78, 5) is 30.3. The maximum Gasteiger partial charge on any atom is 0.286 e. The van der Waals surface area contributed by atoms with Crippen LogP contribution < -0.4 is 19.1 Å². The van der Waals surface area contributed by atoms with Crippen molar-refractivity contribution in [1.29, 1.82) is 0 Å². The van der Waals surface area contributed by atoms with Crippen molar-refractivity contribution in [2.45, 2.75) is 76.0 Å². The van der Waals surface area contributed by atoms with E-state index in [1.807, 2.05) is 29.7 Å². The summed E-state index contributed by atoms with van der Waals surface area (Å²) in [5, 5.41) is 12.1. The van der Waals surface area contributed by atoms with Crippen LogP contribution in [0.3, 0.4) is 0 Å². The Morgan fingerprint density at radius 2 is 2.02 bits per heavy atom. The number of rotatable bonds is 4. The molecule has 2 bridgehead atoms. The average Bonchev–Trinajstić information content (AvgIpc) is 3.64. The molecule has 288 valence electrons. The molecule has 1 fully saturated rings. The highest BCUT2D eigenvalue weighted by molar-refractivity contribution is 7.92. The predicted octanol–water partition coefficient (Wildman–Crippen LogP) is 6.13. The number of halogens is 1. The minimum atomic E-state index is -3.63. The third kappa shape index (κ3) is 6.95. The van der Waals surface area contributed by atoms with Crippen LogP contribution in [0.5, 0.6) is 11.5 Å². The van der Waals surface area contributed by atoms with E-state index >= 15 is 0 Å². The summed E-state index contributed by atoms with van der Waals surface area (Å²) < 4.78 is 41.5. The van der Waals surface area contributed by atoms with E-state index in [9.17, 15) is 18.9 Å². The van der Waals surface area contributed by atoms with Crippen LogP contribution in [-0.2, 0) is 39.5 Å². The second kappa shape index (κ2) is 14.7. The number of aliphatic hydroxyl groups excluding tert-OH is 1. The molecule has 7 atom stereocenters. The molecule has 1 aromatic heterocycles. The second-order valence-corrected chi connectivity index (χ2v) is 18.4. The van der Waals surface area contributed by atoms with Crippen LogP contribution in [0.2, 0.25) is 5.02 Å². The third-order valence-electron chi connectivity index (χ3n) is 12.3. The number of aryl methyl sites for hydroxylation is 1. The first-order valence-corrected chi connectivity index (χ1v) is 21.1. The van der Waals surface area contributed by atoms with Crippen molar-refractivity contribution in [3.05, 3.63) is 87.7 Å². The Balaban J connectivity index is 1.17. The number of hydrogen-bond acceptors (Lipinski definition) is 8. The van der Waals surface area contributed by atoms with Gasteiger partial charge in [0.25, 0.3) is 11.8 Å². The van der Waals surface area contributed by atoms with Crippen molar-refractivity contribution in [1.82, 2.24) is 9.29 Å². The van der Waals surface area contributed by atoms with E-state index < -0.39 is 27.8 Å². The number of aliphatic hydroxyl groups is 1. The minimum absolute atomic E-state index is 0.0314. The van der Waals surface area contributed by atoms with E-state index in [2.05, 4.69) is 26.1 Å². The van der Waals surface area contributed by atoms with Crippen LogP contribution in [0.1, 0.15) is 76.6 Å². The quantitative estimate of drug-likeness (QED) is 0.303. The SMILES string of the molecule is COc1c(C(=O)N[S@@]2(=O)=NC(=O)c3ccc4c(c3)N(C[C@@H]3CC[C@H]3[C@@H](O)/C=C/C[C@H](C)C2)C[C@@]2(CCCc3cc(Cl)ccc32)CO4)cn2c1C[C@@H](OC)C2. The van der Waals surface area contributed by atoms with Crippen molar-refractivity contribution in [3.63, 3.8) is 0 Å². The van der Waals surface area contributed by atoms with Gasteiger partial charge in [-0.1, -0.05) is 36.7 Å². The molecular weight excluding hydrogens is 728 g/mol. The Morgan fingerprint density at radius 1 is 1.17 bits per heavy atom. The fourth-order valence-corrected chi connectivity index (χ4v) is 11.4. The maximum absolute atomic E-state index is 14.8. The molecule has 3 aromatic rings.